The van der Waals surface area contributed by atoms with Gasteiger partial charge in [0.2, 0.25) is 0 Å². The van der Waals surface area contributed by atoms with E-state index in [1.807, 2.05) is 17.9 Å². The Morgan fingerprint density at radius 2 is 2.20 bits per heavy atom. The largest absolute Gasteiger partial charge is 0.314 e. The topological polar surface area (TPSA) is 29.9 Å². The molecule has 86 valence electrons. The quantitative estimate of drug-likeness (QED) is 0.776. The van der Waals surface area contributed by atoms with Gasteiger partial charge < -0.3 is 5.32 Å². The Morgan fingerprint density at radius 3 is 2.67 bits per heavy atom. The van der Waals surface area contributed by atoms with Crippen molar-refractivity contribution in [1.82, 2.24) is 15.1 Å². The predicted octanol–water partition coefficient (Wildman–Crippen LogP) is 1.99. The highest BCUT2D eigenvalue weighted by Gasteiger charge is 2.15. The molecule has 2 unspecified atom stereocenters. The fourth-order valence-corrected chi connectivity index (χ4v) is 2.10. The molecule has 0 amide bonds. The first-order chi connectivity index (χ1) is 7.17. The molecule has 0 saturated heterocycles. The van der Waals surface area contributed by atoms with Gasteiger partial charge in [-0.25, -0.2) is 0 Å². The minimum absolute atomic E-state index is 0.621. The van der Waals surface area contributed by atoms with E-state index in [9.17, 15) is 0 Å². The van der Waals surface area contributed by atoms with Crippen LogP contribution in [0.3, 0.4) is 0 Å². The van der Waals surface area contributed by atoms with Crippen LogP contribution < -0.4 is 5.32 Å². The highest BCUT2D eigenvalue weighted by molar-refractivity contribution is 5.05. The second-order valence-corrected chi connectivity index (χ2v) is 4.28. The van der Waals surface area contributed by atoms with E-state index in [0.29, 0.717) is 12.0 Å². The summed E-state index contributed by atoms with van der Waals surface area (Å²) in [6, 6.07) is 0.621. The summed E-state index contributed by atoms with van der Waals surface area (Å²) in [4.78, 5) is 0. The molecule has 0 aliphatic heterocycles. The molecule has 1 heterocycles. The van der Waals surface area contributed by atoms with Crippen molar-refractivity contribution in [2.75, 3.05) is 6.54 Å². The van der Waals surface area contributed by atoms with Crippen molar-refractivity contribution < 1.29 is 0 Å². The minimum atomic E-state index is 0.621. The Kier molecular flexibility index (Phi) is 4.82. The molecule has 1 N–H and O–H groups in total. The average Bonchev–Trinajstić information content (AvgIpc) is 2.60. The van der Waals surface area contributed by atoms with Gasteiger partial charge in [0, 0.05) is 19.3 Å². The molecular weight excluding hydrogens is 186 g/mol. The van der Waals surface area contributed by atoms with E-state index in [0.717, 1.165) is 13.0 Å². The third-order valence-corrected chi connectivity index (χ3v) is 2.91. The van der Waals surface area contributed by atoms with Crippen LogP contribution in [0, 0.1) is 5.92 Å². The first-order valence-corrected chi connectivity index (χ1v) is 5.88. The van der Waals surface area contributed by atoms with Crippen LogP contribution in [-0.2, 0) is 13.5 Å². The zero-order valence-electron chi connectivity index (χ0n) is 10.3. The third-order valence-electron chi connectivity index (χ3n) is 2.91. The summed E-state index contributed by atoms with van der Waals surface area (Å²) in [6.07, 6.45) is 6.37. The lowest BCUT2D eigenvalue weighted by Crippen LogP contribution is -2.35. The summed E-state index contributed by atoms with van der Waals surface area (Å²) in [6.45, 7) is 7.77. The molecule has 2 atom stereocenters. The Hall–Kier alpha value is -0.830. The number of hydrogen-bond donors (Lipinski definition) is 1. The maximum atomic E-state index is 4.20. The highest BCUT2D eigenvalue weighted by Crippen LogP contribution is 2.13. The van der Waals surface area contributed by atoms with Crippen molar-refractivity contribution in [3.8, 4) is 0 Å². The predicted molar refractivity (Wildman–Crippen MR) is 63.8 cm³/mol. The van der Waals surface area contributed by atoms with Crippen LogP contribution in [0.15, 0.2) is 12.4 Å². The van der Waals surface area contributed by atoms with Gasteiger partial charge in [-0.2, -0.15) is 5.10 Å². The first-order valence-electron chi connectivity index (χ1n) is 5.88. The lowest BCUT2D eigenvalue weighted by Gasteiger charge is -2.22. The summed E-state index contributed by atoms with van der Waals surface area (Å²) >= 11 is 0. The van der Waals surface area contributed by atoms with Crippen LogP contribution in [0.5, 0.6) is 0 Å². The molecule has 0 bridgehead atoms. The summed E-state index contributed by atoms with van der Waals surface area (Å²) < 4.78 is 1.87. The second-order valence-electron chi connectivity index (χ2n) is 4.28. The molecule has 0 saturated carbocycles. The molecule has 1 aromatic rings. The van der Waals surface area contributed by atoms with Crippen LogP contribution in [0.2, 0.25) is 0 Å². The molecule has 1 aromatic heterocycles. The number of aromatic nitrogens is 2. The molecule has 0 aliphatic rings. The maximum Gasteiger partial charge on any atom is 0.0521 e. The van der Waals surface area contributed by atoms with Gasteiger partial charge in [-0.15, -0.1) is 0 Å². The maximum absolute atomic E-state index is 4.20. The van der Waals surface area contributed by atoms with Crippen LogP contribution in [0.4, 0.5) is 0 Å². The summed E-state index contributed by atoms with van der Waals surface area (Å²) in [5, 5.41) is 7.73. The lowest BCUT2D eigenvalue weighted by atomic mass is 9.93. The first kappa shape index (κ1) is 12.2. The fraction of sp³-hybridized carbons (Fsp3) is 0.750. The summed E-state index contributed by atoms with van der Waals surface area (Å²) in [5.74, 6) is 0.666. The molecule has 3 heteroatoms. The monoisotopic (exact) mass is 209 g/mol. The van der Waals surface area contributed by atoms with Gasteiger partial charge in [-0.1, -0.05) is 20.8 Å². The van der Waals surface area contributed by atoms with Gasteiger partial charge in [0.15, 0.2) is 0 Å². The van der Waals surface area contributed by atoms with E-state index < -0.39 is 0 Å². The zero-order valence-corrected chi connectivity index (χ0v) is 10.3. The van der Waals surface area contributed by atoms with Crippen molar-refractivity contribution in [3.63, 3.8) is 0 Å². The third kappa shape index (κ3) is 3.67. The Labute approximate surface area is 92.9 Å². The smallest absolute Gasteiger partial charge is 0.0521 e. The molecule has 0 spiro atoms. The Bertz CT molecular complexity index is 280. The highest BCUT2D eigenvalue weighted by atomic mass is 15.2. The van der Waals surface area contributed by atoms with Crippen molar-refractivity contribution in [3.05, 3.63) is 18.0 Å². The van der Waals surface area contributed by atoms with Crippen molar-refractivity contribution in [2.24, 2.45) is 13.0 Å². The molecule has 0 fully saturated rings. The summed E-state index contributed by atoms with van der Waals surface area (Å²) in [5.41, 5.74) is 1.33. The van der Waals surface area contributed by atoms with Gasteiger partial charge >= 0.3 is 0 Å². The average molecular weight is 209 g/mol. The molecular formula is C12H23N3. The molecule has 0 aliphatic carbocycles. The van der Waals surface area contributed by atoms with Crippen molar-refractivity contribution in [2.45, 2.75) is 39.7 Å². The van der Waals surface area contributed by atoms with E-state index >= 15 is 0 Å². The number of nitrogens with zero attached hydrogens (tertiary/aromatic N) is 2. The molecule has 15 heavy (non-hydrogen) atoms. The Balaban J connectivity index is 2.49. The SMILES string of the molecule is CCNC(CC)C(C)Cc1cnn(C)c1. The van der Waals surface area contributed by atoms with Crippen LogP contribution in [-0.4, -0.2) is 22.4 Å². The van der Waals surface area contributed by atoms with E-state index in [4.69, 9.17) is 0 Å². The number of aryl methyl sites for hydroxylation is 1. The van der Waals surface area contributed by atoms with Crippen molar-refractivity contribution in [1.29, 1.82) is 0 Å². The standard InChI is InChI=1S/C12H23N3/c1-5-12(13-6-2)10(3)7-11-8-14-15(4)9-11/h8-10,12-13H,5-7H2,1-4H3. The van der Waals surface area contributed by atoms with Gasteiger partial charge in [0.25, 0.3) is 0 Å². The van der Waals surface area contributed by atoms with Gasteiger partial charge in [0.1, 0.15) is 0 Å². The van der Waals surface area contributed by atoms with Gasteiger partial charge in [-0.05, 0) is 30.9 Å². The van der Waals surface area contributed by atoms with Gasteiger partial charge in [-0.3, -0.25) is 4.68 Å². The van der Waals surface area contributed by atoms with E-state index in [2.05, 4.69) is 37.4 Å². The van der Waals surface area contributed by atoms with Crippen LogP contribution in [0.25, 0.3) is 0 Å². The van der Waals surface area contributed by atoms with E-state index in [1.165, 1.54) is 12.0 Å². The number of hydrogen-bond acceptors (Lipinski definition) is 2. The fourth-order valence-electron chi connectivity index (χ4n) is 2.10. The Morgan fingerprint density at radius 1 is 1.47 bits per heavy atom. The zero-order chi connectivity index (χ0) is 11.3. The molecule has 0 radical (unpaired) electrons. The molecule has 3 nitrogen and oxygen atoms in total. The molecule has 1 rings (SSSR count). The molecule has 0 aromatic carbocycles. The summed E-state index contributed by atoms with van der Waals surface area (Å²) in [7, 11) is 1.97. The van der Waals surface area contributed by atoms with E-state index in [1.54, 1.807) is 0 Å². The second kappa shape index (κ2) is 5.91. The minimum Gasteiger partial charge on any atom is -0.314 e. The van der Waals surface area contributed by atoms with Crippen molar-refractivity contribution >= 4 is 0 Å². The number of rotatable bonds is 6. The van der Waals surface area contributed by atoms with Crippen LogP contribution in [0.1, 0.15) is 32.8 Å². The van der Waals surface area contributed by atoms with Gasteiger partial charge in [0.05, 0.1) is 6.20 Å². The number of nitrogens with one attached hydrogen (secondary N) is 1. The lowest BCUT2D eigenvalue weighted by molar-refractivity contribution is 0.371. The van der Waals surface area contributed by atoms with Crippen LogP contribution >= 0.6 is 0 Å². The van der Waals surface area contributed by atoms with E-state index in [-0.39, 0.29) is 0 Å². The normalized spacial score (nSPS) is 15.2.